The molecule has 3 nitrogen and oxygen atoms in total. The maximum Gasteiger partial charge on any atom is 0.405 e. The van der Waals surface area contributed by atoms with Gasteiger partial charge in [-0.2, -0.15) is 13.2 Å². The number of carbonyl (C=O) groups is 1. The average molecular weight is 333 g/mol. The number of nitrogens with one attached hydrogen (secondary N) is 2. The van der Waals surface area contributed by atoms with Crippen LogP contribution in [-0.2, 0) is 4.79 Å². The molecule has 1 aromatic rings. The van der Waals surface area contributed by atoms with E-state index >= 15 is 0 Å². The van der Waals surface area contributed by atoms with Crippen molar-refractivity contribution in [2.75, 3.05) is 11.9 Å². The molecule has 112 valence electrons. The molecule has 0 saturated carbocycles. The Morgan fingerprint density at radius 2 is 1.80 bits per heavy atom. The minimum atomic E-state index is -4.50. The normalized spacial score (nSPS) is 12.9. The van der Waals surface area contributed by atoms with Crippen molar-refractivity contribution in [1.82, 2.24) is 5.32 Å². The number of anilines is 1. The fourth-order valence-electron chi connectivity index (χ4n) is 1.30. The Balaban J connectivity index is 2.71. The van der Waals surface area contributed by atoms with Crippen molar-refractivity contribution >= 4 is 34.8 Å². The maximum atomic E-state index is 13.0. The number of amides is 1. The van der Waals surface area contributed by atoms with Gasteiger partial charge < -0.3 is 10.6 Å². The molecule has 2 N–H and O–H groups in total. The topological polar surface area (TPSA) is 41.1 Å². The zero-order chi connectivity index (χ0) is 15.5. The fraction of sp³-hybridized carbons (Fsp3) is 0.364. The Morgan fingerprint density at radius 1 is 1.30 bits per heavy atom. The van der Waals surface area contributed by atoms with Gasteiger partial charge in [-0.1, -0.05) is 23.2 Å². The van der Waals surface area contributed by atoms with Crippen LogP contribution in [-0.4, -0.2) is 24.7 Å². The van der Waals surface area contributed by atoms with Crippen LogP contribution in [0.3, 0.4) is 0 Å². The Morgan fingerprint density at radius 3 is 2.25 bits per heavy atom. The number of carbonyl (C=O) groups excluding carboxylic acids is 1. The molecule has 0 radical (unpaired) electrons. The molecule has 0 spiro atoms. The molecule has 0 aliphatic rings. The molecule has 0 fully saturated rings. The first-order valence-corrected chi connectivity index (χ1v) is 6.11. The third-order valence-electron chi connectivity index (χ3n) is 2.22. The third-order valence-corrected chi connectivity index (χ3v) is 2.82. The van der Waals surface area contributed by atoms with Crippen LogP contribution in [0.4, 0.5) is 23.2 Å². The minimum absolute atomic E-state index is 0.0735. The van der Waals surface area contributed by atoms with Gasteiger partial charge in [-0.25, -0.2) is 4.39 Å². The van der Waals surface area contributed by atoms with Gasteiger partial charge in [0.25, 0.3) is 0 Å². The van der Waals surface area contributed by atoms with Gasteiger partial charge in [0.05, 0.1) is 15.7 Å². The SMILES string of the molecule is CC(Nc1c(Cl)cc(F)cc1Cl)C(=O)NCC(F)(F)F. The lowest BCUT2D eigenvalue weighted by Gasteiger charge is -2.18. The van der Waals surface area contributed by atoms with E-state index in [1.54, 1.807) is 5.32 Å². The van der Waals surface area contributed by atoms with Crippen LogP contribution in [0.1, 0.15) is 6.92 Å². The molecule has 1 aromatic carbocycles. The van der Waals surface area contributed by atoms with Crippen LogP contribution in [0.2, 0.25) is 10.0 Å². The van der Waals surface area contributed by atoms with E-state index in [2.05, 4.69) is 5.32 Å². The van der Waals surface area contributed by atoms with Crippen LogP contribution in [0.15, 0.2) is 12.1 Å². The summed E-state index contributed by atoms with van der Waals surface area (Å²) in [5.41, 5.74) is 0.0735. The van der Waals surface area contributed by atoms with Crippen molar-refractivity contribution in [3.63, 3.8) is 0 Å². The molecular formula is C11H10Cl2F4N2O. The van der Waals surface area contributed by atoms with E-state index in [0.717, 1.165) is 12.1 Å². The summed E-state index contributed by atoms with van der Waals surface area (Å²) < 4.78 is 48.8. The van der Waals surface area contributed by atoms with E-state index in [1.807, 2.05) is 0 Å². The highest BCUT2D eigenvalue weighted by molar-refractivity contribution is 6.39. The van der Waals surface area contributed by atoms with Crippen molar-refractivity contribution in [1.29, 1.82) is 0 Å². The van der Waals surface area contributed by atoms with Gasteiger partial charge in [0.1, 0.15) is 18.4 Å². The number of alkyl halides is 3. The summed E-state index contributed by atoms with van der Waals surface area (Å²) in [5, 5.41) is 4.08. The van der Waals surface area contributed by atoms with E-state index in [-0.39, 0.29) is 15.7 Å². The molecule has 20 heavy (non-hydrogen) atoms. The first-order chi connectivity index (χ1) is 9.10. The van der Waals surface area contributed by atoms with Crippen LogP contribution < -0.4 is 10.6 Å². The van der Waals surface area contributed by atoms with Crippen LogP contribution >= 0.6 is 23.2 Å². The van der Waals surface area contributed by atoms with E-state index in [4.69, 9.17) is 23.2 Å². The summed E-state index contributed by atoms with van der Waals surface area (Å²) in [4.78, 5) is 11.4. The molecule has 0 heterocycles. The van der Waals surface area contributed by atoms with Crippen molar-refractivity contribution < 1.29 is 22.4 Å². The van der Waals surface area contributed by atoms with E-state index in [0.29, 0.717) is 0 Å². The third kappa shape index (κ3) is 5.05. The van der Waals surface area contributed by atoms with Crippen LogP contribution in [0, 0.1) is 5.82 Å². The summed E-state index contributed by atoms with van der Waals surface area (Å²) in [6.45, 7) is -0.121. The highest BCUT2D eigenvalue weighted by Gasteiger charge is 2.28. The molecular weight excluding hydrogens is 323 g/mol. The first-order valence-electron chi connectivity index (χ1n) is 5.35. The monoisotopic (exact) mass is 332 g/mol. The fourth-order valence-corrected chi connectivity index (χ4v) is 1.87. The number of benzene rings is 1. The highest BCUT2D eigenvalue weighted by Crippen LogP contribution is 2.31. The Labute approximate surface area is 122 Å². The number of halogens is 6. The molecule has 1 amide bonds. The van der Waals surface area contributed by atoms with Gasteiger partial charge in [-0.15, -0.1) is 0 Å². The average Bonchev–Trinajstić information content (AvgIpc) is 2.29. The number of hydrogen-bond acceptors (Lipinski definition) is 2. The predicted octanol–water partition coefficient (Wildman–Crippen LogP) is 3.61. The van der Waals surface area contributed by atoms with Crippen LogP contribution in [0.5, 0.6) is 0 Å². The second-order valence-electron chi connectivity index (χ2n) is 3.94. The zero-order valence-corrected chi connectivity index (χ0v) is 11.6. The van der Waals surface area contributed by atoms with Gasteiger partial charge in [0.2, 0.25) is 5.91 Å². The number of rotatable bonds is 4. The zero-order valence-electron chi connectivity index (χ0n) is 10.1. The quantitative estimate of drug-likeness (QED) is 0.827. The lowest BCUT2D eigenvalue weighted by Crippen LogP contribution is -2.42. The Kier molecular flexibility index (Phi) is 5.47. The summed E-state index contributed by atoms with van der Waals surface area (Å²) >= 11 is 11.5. The molecule has 1 rings (SSSR count). The number of hydrogen-bond donors (Lipinski definition) is 2. The second-order valence-corrected chi connectivity index (χ2v) is 4.76. The molecule has 1 unspecified atom stereocenters. The van der Waals surface area contributed by atoms with Crippen LogP contribution in [0.25, 0.3) is 0 Å². The first kappa shape index (κ1) is 16.8. The lowest BCUT2D eigenvalue weighted by molar-refractivity contribution is -0.138. The summed E-state index contributed by atoms with van der Waals surface area (Å²) in [6.07, 6.45) is -4.50. The summed E-state index contributed by atoms with van der Waals surface area (Å²) in [5.74, 6) is -1.56. The Bertz CT molecular complexity index is 485. The van der Waals surface area contributed by atoms with Gasteiger partial charge in [0.15, 0.2) is 0 Å². The van der Waals surface area contributed by atoms with Crippen molar-refractivity contribution in [2.45, 2.75) is 19.1 Å². The standard InChI is InChI=1S/C11H10Cl2F4N2O/c1-5(10(20)18-4-11(15,16)17)19-9-7(12)2-6(14)3-8(9)13/h2-3,5,19H,4H2,1H3,(H,18,20). The highest BCUT2D eigenvalue weighted by atomic mass is 35.5. The lowest BCUT2D eigenvalue weighted by atomic mass is 10.2. The van der Waals surface area contributed by atoms with E-state index < -0.39 is 30.5 Å². The molecule has 0 aliphatic heterocycles. The molecule has 0 saturated heterocycles. The molecule has 9 heteroatoms. The largest absolute Gasteiger partial charge is 0.405 e. The minimum Gasteiger partial charge on any atom is -0.371 e. The smallest absolute Gasteiger partial charge is 0.371 e. The van der Waals surface area contributed by atoms with Crippen molar-refractivity contribution in [3.05, 3.63) is 28.0 Å². The Hall–Kier alpha value is -1.21. The molecule has 0 aliphatic carbocycles. The van der Waals surface area contributed by atoms with Gasteiger partial charge in [0, 0.05) is 0 Å². The van der Waals surface area contributed by atoms with Crippen molar-refractivity contribution in [3.8, 4) is 0 Å². The van der Waals surface area contributed by atoms with Gasteiger partial charge >= 0.3 is 6.18 Å². The predicted molar refractivity (Wildman–Crippen MR) is 68.6 cm³/mol. The van der Waals surface area contributed by atoms with Gasteiger partial charge in [-0.05, 0) is 19.1 Å². The van der Waals surface area contributed by atoms with Gasteiger partial charge in [-0.3, -0.25) is 4.79 Å². The molecule has 0 aromatic heterocycles. The van der Waals surface area contributed by atoms with Crippen molar-refractivity contribution in [2.24, 2.45) is 0 Å². The van der Waals surface area contributed by atoms with E-state index in [9.17, 15) is 22.4 Å². The summed E-state index contributed by atoms with van der Waals surface area (Å²) in [6, 6.07) is 0.907. The van der Waals surface area contributed by atoms with E-state index in [1.165, 1.54) is 6.92 Å². The molecule has 1 atom stereocenters. The summed E-state index contributed by atoms with van der Waals surface area (Å²) in [7, 11) is 0. The maximum absolute atomic E-state index is 13.0. The second kappa shape index (κ2) is 6.49. The molecule has 0 bridgehead atoms.